The normalized spacial score (nSPS) is 39.9. The standard InChI is InChI=1S/C14H24O4/c1-7-13(10(15)16-8-2)14(18-13)9-11(3,4)17-12(14,5)6/h7-9H2,1-6H3. The highest BCUT2D eigenvalue weighted by Crippen LogP contribution is 2.66. The minimum absolute atomic E-state index is 0.248. The molecular weight excluding hydrogens is 232 g/mol. The van der Waals surface area contributed by atoms with Crippen molar-refractivity contribution < 1.29 is 19.0 Å². The van der Waals surface area contributed by atoms with Crippen LogP contribution >= 0.6 is 0 Å². The Morgan fingerprint density at radius 2 is 1.78 bits per heavy atom. The molecule has 0 aliphatic carbocycles. The average molecular weight is 256 g/mol. The summed E-state index contributed by atoms with van der Waals surface area (Å²) in [5.74, 6) is -0.248. The molecule has 2 aliphatic rings. The number of ether oxygens (including phenoxy) is 3. The molecule has 2 heterocycles. The van der Waals surface area contributed by atoms with Crippen molar-refractivity contribution in [3.63, 3.8) is 0 Å². The molecule has 0 amide bonds. The maximum Gasteiger partial charge on any atom is 0.341 e. The fourth-order valence-electron chi connectivity index (χ4n) is 3.64. The van der Waals surface area contributed by atoms with E-state index in [0.29, 0.717) is 13.0 Å². The topological polar surface area (TPSA) is 48.1 Å². The summed E-state index contributed by atoms with van der Waals surface area (Å²) in [6, 6.07) is 0. The van der Waals surface area contributed by atoms with Crippen LogP contribution in [0.2, 0.25) is 0 Å². The van der Waals surface area contributed by atoms with Gasteiger partial charge in [-0.1, -0.05) is 6.92 Å². The summed E-state index contributed by atoms with van der Waals surface area (Å²) in [6.45, 7) is 12.2. The molecule has 0 aromatic rings. The minimum Gasteiger partial charge on any atom is -0.464 e. The van der Waals surface area contributed by atoms with E-state index in [1.807, 2.05) is 41.5 Å². The molecule has 0 radical (unpaired) electrons. The van der Waals surface area contributed by atoms with E-state index < -0.39 is 16.8 Å². The van der Waals surface area contributed by atoms with Crippen molar-refractivity contribution in [3.8, 4) is 0 Å². The Morgan fingerprint density at radius 1 is 1.17 bits per heavy atom. The van der Waals surface area contributed by atoms with Crippen LogP contribution in [0.3, 0.4) is 0 Å². The van der Waals surface area contributed by atoms with Gasteiger partial charge < -0.3 is 14.2 Å². The van der Waals surface area contributed by atoms with Crippen molar-refractivity contribution in [2.75, 3.05) is 6.61 Å². The number of carbonyl (C=O) groups is 1. The zero-order valence-corrected chi connectivity index (χ0v) is 12.3. The van der Waals surface area contributed by atoms with Crippen molar-refractivity contribution in [2.45, 2.75) is 76.8 Å². The first kappa shape index (κ1) is 13.8. The first-order chi connectivity index (χ1) is 8.16. The van der Waals surface area contributed by atoms with Gasteiger partial charge in [0.2, 0.25) is 0 Å². The Kier molecular flexibility index (Phi) is 2.84. The maximum absolute atomic E-state index is 12.2. The molecule has 4 nitrogen and oxygen atoms in total. The third-order valence-corrected chi connectivity index (χ3v) is 4.24. The zero-order chi connectivity index (χ0) is 13.8. The summed E-state index contributed by atoms with van der Waals surface area (Å²) in [7, 11) is 0. The molecule has 2 rings (SSSR count). The molecule has 2 saturated heterocycles. The van der Waals surface area contributed by atoms with E-state index in [4.69, 9.17) is 14.2 Å². The molecule has 2 fully saturated rings. The molecule has 0 aromatic heterocycles. The number of rotatable bonds is 3. The largest absolute Gasteiger partial charge is 0.464 e. The lowest BCUT2D eigenvalue weighted by atomic mass is 9.76. The lowest BCUT2D eigenvalue weighted by molar-refractivity contribution is -0.150. The van der Waals surface area contributed by atoms with E-state index in [2.05, 4.69) is 0 Å². The summed E-state index contributed by atoms with van der Waals surface area (Å²) < 4.78 is 17.2. The fraction of sp³-hybridized carbons (Fsp3) is 0.929. The predicted molar refractivity (Wildman–Crippen MR) is 67.3 cm³/mol. The van der Waals surface area contributed by atoms with Crippen LogP contribution < -0.4 is 0 Å². The molecule has 2 atom stereocenters. The third-order valence-electron chi connectivity index (χ3n) is 4.24. The van der Waals surface area contributed by atoms with E-state index in [-0.39, 0.29) is 11.6 Å². The van der Waals surface area contributed by atoms with Crippen LogP contribution in [-0.2, 0) is 19.0 Å². The second-order valence-corrected chi connectivity index (χ2v) is 6.38. The van der Waals surface area contributed by atoms with Gasteiger partial charge in [-0.15, -0.1) is 0 Å². The van der Waals surface area contributed by atoms with Crippen molar-refractivity contribution in [1.29, 1.82) is 0 Å². The predicted octanol–water partition coefficient (Wildman–Crippen LogP) is 2.44. The number of epoxide rings is 1. The molecular formula is C14H24O4. The Morgan fingerprint density at radius 3 is 2.17 bits per heavy atom. The Bertz CT molecular complexity index is 374. The Labute approximate surface area is 109 Å². The first-order valence-electron chi connectivity index (χ1n) is 6.74. The van der Waals surface area contributed by atoms with Crippen LogP contribution in [-0.4, -0.2) is 35.0 Å². The van der Waals surface area contributed by atoms with E-state index in [0.717, 1.165) is 6.42 Å². The molecule has 0 aromatic carbocycles. The Balaban J connectivity index is 2.33. The van der Waals surface area contributed by atoms with Crippen LogP contribution in [0.5, 0.6) is 0 Å². The van der Waals surface area contributed by atoms with Crippen molar-refractivity contribution in [2.24, 2.45) is 0 Å². The van der Waals surface area contributed by atoms with Gasteiger partial charge in [0.25, 0.3) is 0 Å². The number of esters is 1. The Hall–Kier alpha value is -0.610. The quantitative estimate of drug-likeness (QED) is 0.575. The summed E-state index contributed by atoms with van der Waals surface area (Å²) in [5, 5.41) is 0. The monoisotopic (exact) mass is 256 g/mol. The lowest BCUT2D eigenvalue weighted by Crippen LogP contribution is -2.45. The molecule has 18 heavy (non-hydrogen) atoms. The highest BCUT2D eigenvalue weighted by molar-refractivity contribution is 5.85. The van der Waals surface area contributed by atoms with E-state index in [1.165, 1.54) is 0 Å². The summed E-state index contributed by atoms with van der Waals surface area (Å²) >= 11 is 0. The second-order valence-electron chi connectivity index (χ2n) is 6.38. The molecule has 0 saturated carbocycles. The summed E-state index contributed by atoms with van der Waals surface area (Å²) in [6.07, 6.45) is 1.34. The summed E-state index contributed by atoms with van der Waals surface area (Å²) in [5.41, 5.74) is -2.10. The molecule has 2 unspecified atom stereocenters. The van der Waals surface area contributed by atoms with Crippen LogP contribution in [0.4, 0.5) is 0 Å². The van der Waals surface area contributed by atoms with Gasteiger partial charge in [0.1, 0.15) is 5.60 Å². The van der Waals surface area contributed by atoms with Gasteiger partial charge in [-0.25, -0.2) is 4.79 Å². The van der Waals surface area contributed by atoms with E-state index >= 15 is 0 Å². The molecule has 0 bridgehead atoms. The number of hydrogen-bond donors (Lipinski definition) is 0. The number of hydrogen-bond acceptors (Lipinski definition) is 4. The van der Waals surface area contributed by atoms with Gasteiger partial charge in [0.15, 0.2) is 5.60 Å². The average Bonchev–Trinajstić information content (AvgIpc) is 2.81. The van der Waals surface area contributed by atoms with E-state index in [9.17, 15) is 4.79 Å². The maximum atomic E-state index is 12.2. The highest BCUT2D eigenvalue weighted by atomic mass is 16.7. The summed E-state index contributed by atoms with van der Waals surface area (Å²) in [4.78, 5) is 12.2. The van der Waals surface area contributed by atoms with Crippen molar-refractivity contribution >= 4 is 5.97 Å². The molecule has 4 heteroatoms. The zero-order valence-electron chi connectivity index (χ0n) is 12.3. The molecule has 104 valence electrons. The van der Waals surface area contributed by atoms with E-state index in [1.54, 1.807) is 0 Å². The molecule has 0 N–H and O–H groups in total. The molecule has 2 aliphatic heterocycles. The SMILES string of the molecule is CCOC(=O)C1(CC)OC12CC(C)(C)OC2(C)C. The molecule has 1 spiro atoms. The third kappa shape index (κ3) is 1.55. The van der Waals surface area contributed by atoms with Crippen molar-refractivity contribution in [1.82, 2.24) is 0 Å². The first-order valence-corrected chi connectivity index (χ1v) is 6.74. The van der Waals surface area contributed by atoms with Gasteiger partial charge >= 0.3 is 5.97 Å². The van der Waals surface area contributed by atoms with Crippen LogP contribution in [0.15, 0.2) is 0 Å². The van der Waals surface area contributed by atoms with Crippen LogP contribution in [0.1, 0.15) is 54.4 Å². The van der Waals surface area contributed by atoms with Gasteiger partial charge in [-0.3, -0.25) is 0 Å². The van der Waals surface area contributed by atoms with Gasteiger partial charge in [-0.2, -0.15) is 0 Å². The lowest BCUT2D eigenvalue weighted by Gasteiger charge is -2.27. The number of carbonyl (C=O) groups excluding carboxylic acids is 1. The van der Waals surface area contributed by atoms with Gasteiger partial charge in [0.05, 0.1) is 17.8 Å². The second kappa shape index (κ2) is 3.70. The fourth-order valence-corrected chi connectivity index (χ4v) is 3.64. The minimum atomic E-state index is -0.819. The van der Waals surface area contributed by atoms with Crippen LogP contribution in [0, 0.1) is 0 Å². The van der Waals surface area contributed by atoms with Crippen LogP contribution in [0.25, 0.3) is 0 Å². The smallest absolute Gasteiger partial charge is 0.341 e. The van der Waals surface area contributed by atoms with Gasteiger partial charge in [-0.05, 0) is 41.0 Å². The highest BCUT2D eigenvalue weighted by Gasteiger charge is 2.84. The van der Waals surface area contributed by atoms with Crippen molar-refractivity contribution in [3.05, 3.63) is 0 Å². The van der Waals surface area contributed by atoms with Gasteiger partial charge in [0, 0.05) is 6.42 Å².